The number of Topliss-reactive ketones (excluding diaryl/α,β-unsaturated/α-hetero) is 1. The predicted molar refractivity (Wildman–Crippen MR) is 99.9 cm³/mol. The van der Waals surface area contributed by atoms with Crippen LogP contribution in [0.4, 0.5) is 17.6 Å². The summed E-state index contributed by atoms with van der Waals surface area (Å²) in [5.74, 6) is -2.29. The molecule has 0 saturated carbocycles. The molecule has 0 aliphatic carbocycles. The van der Waals surface area contributed by atoms with Crippen LogP contribution in [0.1, 0.15) is 39.5 Å². The Kier molecular flexibility index (Phi) is 6.00. The number of aryl methyl sites for hydroxylation is 1. The molecule has 30 heavy (non-hydrogen) atoms. The number of H-pyrrole nitrogens is 1. The van der Waals surface area contributed by atoms with Crippen LogP contribution in [0.3, 0.4) is 0 Å². The van der Waals surface area contributed by atoms with Crippen molar-refractivity contribution in [3.63, 3.8) is 0 Å². The fourth-order valence-electron chi connectivity index (χ4n) is 3.04. The molecule has 2 heterocycles. The fraction of sp³-hybridized carbons (Fsp3) is 0.190. The molecule has 0 fully saturated rings. The summed E-state index contributed by atoms with van der Waals surface area (Å²) in [7, 11) is 0. The highest BCUT2D eigenvalue weighted by Gasteiger charge is 2.32. The van der Waals surface area contributed by atoms with Gasteiger partial charge in [-0.05, 0) is 42.3 Å². The molecule has 0 aliphatic heterocycles. The fourth-order valence-corrected chi connectivity index (χ4v) is 3.04. The van der Waals surface area contributed by atoms with Crippen molar-refractivity contribution in [2.75, 3.05) is 0 Å². The number of aromatic amines is 1. The Hall–Kier alpha value is -3.49. The van der Waals surface area contributed by atoms with Gasteiger partial charge in [0.15, 0.2) is 5.78 Å². The number of hydrogen-bond donors (Lipinski definition) is 1. The number of ketones is 1. The molecular formula is C21H16F4N2O3. The van der Waals surface area contributed by atoms with Crippen LogP contribution in [0.2, 0.25) is 0 Å². The van der Waals surface area contributed by atoms with Crippen LogP contribution in [-0.4, -0.2) is 22.1 Å². The number of benzene rings is 1. The largest absolute Gasteiger partial charge is 0.573 e. The molecule has 3 aromatic rings. The van der Waals surface area contributed by atoms with E-state index >= 15 is 0 Å². The summed E-state index contributed by atoms with van der Waals surface area (Å²) in [6.45, 7) is 1.42. The Bertz CT molecular complexity index is 1110. The third kappa shape index (κ3) is 5.11. The second kappa shape index (κ2) is 8.48. The van der Waals surface area contributed by atoms with Crippen LogP contribution in [0.15, 0.2) is 59.7 Å². The van der Waals surface area contributed by atoms with E-state index in [1.165, 1.54) is 55.7 Å². The molecular weight excluding hydrogens is 404 g/mol. The van der Waals surface area contributed by atoms with Gasteiger partial charge in [-0.2, -0.15) is 0 Å². The average molecular weight is 420 g/mol. The van der Waals surface area contributed by atoms with E-state index in [1.54, 1.807) is 0 Å². The molecule has 0 amide bonds. The lowest BCUT2D eigenvalue weighted by molar-refractivity contribution is -0.274. The van der Waals surface area contributed by atoms with Crippen LogP contribution in [0, 0.1) is 12.7 Å². The number of pyridine rings is 2. The van der Waals surface area contributed by atoms with Crippen LogP contribution < -0.4 is 10.3 Å². The summed E-state index contributed by atoms with van der Waals surface area (Å²) in [5.41, 5.74) is 0.388. The Morgan fingerprint density at radius 2 is 1.97 bits per heavy atom. The van der Waals surface area contributed by atoms with Crippen molar-refractivity contribution in [3.05, 3.63) is 93.4 Å². The summed E-state index contributed by atoms with van der Waals surface area (Å²) in [4.78, 5) is 30.3. The topological polar surface area (TPSA) is 72.0 Å². The van der Waals surface area contributed by atoms with Gasteiger partial charge in [0.1, 0.15) is 11.6 Å². The van der Waals surface area contributed by atoms with E-state index in [0.29, 0.717) is 5.56 Å². The van der Waals surface area contributed by atoms with E-state index in [2.05, 4.69) is 14.7 Å². The summed E-state index contributed by atoms with van der Waals surface area (Å²) in [6, 6.07) is 8.98. The van der Waals surface area contributed by atoms with Gasteiger partial charge in [-0.15, -0.1) is 13.2 Å². The second-order valence-corrected chi connectivity index (χ2v) is 6.56. The molecule has 156 valence electrons. The van der Waals surface area contributed by atoms with Crippen molar-refractivity contribution in [1.82, 2.24) is 9.97 Å². The van der Waals surface area contributed by atoms with Crippen molar-refractivity contribution in [3.8, 4) is 5.75 Å². The minimum absolute atomic E-state index is 0.0147. The zero-order chi connectivity index (χ0) is 21.9. The second-order valence-electron chi connectivity index (χ2n) is 6.56. The first kappa shape index (κ1) is 21.2. The summed E-state index contributed by atoms with van der Waals surface area (Å²) < 4.78 is 56.0. The Morgan fingerprint density at radius 1 is 1.20 bits per heavy atom. The number of carbonyl (C=O) groups excluding carboxylic acids is 1. The number of carbonyl (C=O) groups is 1. The van der Waals surface area contributed by atoms with Crippen molar-refractivity contribution in [1.29, 1.82) is 0 Å². The zero-order valence-corrected chi connectivity index (χ0v) is 15.7. The highest BCUT2D eigenvalue weighted by Crippen LogP contribution is 2.34. The molecule has 0 spiro atoms. The normalized spacial score (nSPS) is 12.4. The van der Waals surface area contributed by atoms with Gasteiger partial charge in [0.05, 0.1) is 5.69 Å². The molecule has 9 heteroatoms. The van der Waals surface area contributed by atoms with Crippen molar-refractivity contribution >= 4 is 5.78 Å². The minimum Gasteiger partial charge on any atom is -0.406 e. The first-order valence-corrected chi connectivity index (χ1v) is 8.82. The molecule has 0 bridgehead atoms. The summed E-state index contributed by atoms with van der Waals surface area (Å²) in [6.07, 6.45) is -2.44. The molecule has 0 aliphatic rings. The average Bonchev–Trinajstić information content (AvgIpc) is 2.68. The van der Waals surface area contributed by atoms with E-state index < -0.39 is 29.6 Å². The number of aromatic nitrogens is 2. The Labute approximate surface area is 168 Å². The molecule has 0 saturated heterocycles. The van der Waals surface area contributed by atoms with Crippen LogP contribution in [0.25, 0.3) is 0 Å². The molecule has 0 radical (unpaired) electrons. The maximum atomic E-state index is 14.4. The van der Waals surface area contributed by atoms with E-state index in [4.69, 9.17) is 0 Å². The van der Waals surface area contributed by atoms with Crippen LogP contribution in [0.5, 0.6) is 5.75 Å². The highest BCUT2D eigenvalue weighted by molar-refractivity contribution is 5.96. The SMILES string of the molecule is Cc1cc([C@H](CC(=O)c2ccc(=O)[nH]c2)c2ncccc2F)ccc1OC(F)(F)F. The molecule has 3 rings (SSSR count). The number of hydrogen-bond acceptors (Lipinski definition) is 4. The molecule has 5 nitrogen and oxygen atoms in total. The van der Waals surface area contributed by atoms with Gasteiger partial charge in [0.25, 0.3) is 0 Å². The Morgan fingerprint density at radius 3 is 2.57 bits per heavy atom. The lowest BCUT2D eigenvalue weighted by Gasteiger charge is -2.19. The lowest BCUT2D eigenvalue weighted by atomic mass is 9.87. The van der Waals surface area contributed by atoms with Gasteiger partial charge >= 0.3 is 6.36 Å². The first-order chi connectivity index (χ1) is 14.1. The molecule has 1 N–H and O–H groups in total. The lowest BCUT2D eigenvalue weighted by Crippen LogP contribution is -2.18. The van der Waals surface area contributed by atoms with Gasteiger partial charge in [-0.3, -0.25) is 14.6 Å². The van der Waals surface area contributed by atoms with Crippen molar-refractivity contribution in [2.24, 2.45) is 0 Å². The maximum Gasteiger partial charge on any atom is 0.573 e. The van der Waals surface area contributed by atoms with E-state index in [9.17, 15) is 27.2 Å². The van der Waals surface area contributed by atoms with Gasteiger partial charge in [-0.25, -0.2) is 4.39 Å². The van der Waals surface area contributed by atoms with Gasteiger partial charge < -0.3 is 9.72 Å². The zero-order valence-electron chi connectivity index (χ0n) is 15.7. The van der Waals surface area contributed by atoms with Crippen LogP contribution >= 0.6 is 0 Å². The molecule has 1 aromatic carbocycles. The third-order valence-electron chi connectivity index (χ3n) is 4.44. The van der Waals surface area contributed by atoms with E-state index in [0.717, 1.165) is 6.07 Å². The molecule has 0 unspecified atom stereocenters. The van der Waals surface area contributed by atoms with E-state index in [1.807, 2.05) is 0 Å². The van der Waals surface area contributed by atoms with Gasteiger partial charge in [0.2, 0.25) is 5.56 Å². The highest BCUT2D eigenvalue weighted by atomic mass is 19.4. The van der Waals surface area contributed by atoms with Crippen molar-refractivity contribution < 1.29 is 27.1 Å². The number of halogens is 4. The predicted octanol–water partition coefficient (Wildman–Crippen LogP) is 4.52. The molecule has 1 atom stereocenters. The van der Waals surface area contributed by atoms with Crippen molar-refractivity contribution in [2.45, 2.75) is 25.6 Å². The third-order valence-corrected chi connectivity index (χ3v) is 4.44. The number of nitrogens with zero attached hydrogens (tertiary/aromatic N) is 1. The van der Waals surface area contributed by atoms with Crippen LogP contribution in [-0.2, 0) is 0 Å². The monoisotopic (exact) mass is 420 g/mol. The Balaban J connectivity index is 1.99. The minimum atomic E-state index is -4.85. The molecule has 2 aromatic heterocycles. The summed E-state index contributed by atoms with van der Waals surface area (Å²) in [5, 5.41) is 0. The number of alkyl halides is 3. The number of ether oxygens (including phenoxy) is 1. The van der Waals surface area contributed by atoms with Gasteiger partial charge in [0, 0.05) is 36.4 Å². The number of rotatable bonds is 6. The quantitative estimate of drug-likeness (QED) is 0.470. The standard InChI is InChI=1S/C21H16F4N2O3/c1-12-9-13(4-6-18(12)30-21(23,24)25)15(20-16(22)3-2-8-26-20)10-17(28)14-5-7-19(29)27-11-14/h2-9,11,15H,10H2,1H3,(H,27,29)/t15-/m0/s1. The smallest absolute Gasteiger partial charge is 0.406 e. The number of nitrogens with one attached hydrogen (secondary N) is 1. The maximum absolute atomic E-state index is 14.4. The summed E-state index contributed by atoms with van der Waals surface area (Å²) >= 11 is 0. The van der Waals surface area contributed by atoms with Gasteiger partial charge in [-0.1, -0.05) is 12.1 Å². The first-order valence-electron chi connectivity index (χ1n) is 8.82. The van der Waals surface area contributed by atoms with E-state index in [-0.39, 0.29) is 28.8 Å².